The number of carbonyl (C=O) groups is 3. The second-order valence-electron chi connectivity index (χ2n) is 18.2. The van der Waals surface area contributed by atoms with Gasteiger partial charge in [0.15, 0.2) is 32.3 Å². The Morgan fingerprint density at radius 2 is 1.72 bits per heavy atom. The van der Waals surface area contributed by atoms with Crippen molar-refractivity contribution in [1.82, 2.24) is 9.21 Å². The van der Waals surface area contributed by atoms with E-state index in [2.05, 4.69) is 40.4 Å². The molecule has 6 rings (SSSR count). The van der Waals surface area contributed by atoms with Crippen LogP contribution in [0.3, 0.4) is 0 Å². The maximum Gasteiger partial charge on any atom is 0.416 e. The van der Waals surface area contributed by atoms with Crippen molar-refractivity contribution < 1.29 is 60.4 Å². The number of nitrogens with zero attached hydrogens (tertiary/aromatic N) is 3. The lowest BCUT2D eigenvalue weighted by Gasteiger charge is -2.42. The Morgan fingerprint density at radius 1 is 1.02 bits per heavy atom. The van der Waals surface area contributed by atoms with Crippen molar-refractivity contribution in [2.24, 2.45) is 0 Å². The third kappa shape index (κ3) is 11.6. The summed E-state index contributed by atoms with van der Waals surface area (Å²) in [6.45, 7) is 17.1. The number of sulfonamides is 1. The lowest BCUT2D eigenvalue weighted by atomic mass is 9.92. The summed E-state index contributed by atoms with van der Waals surface area (Å²) >= 11 is 0. The molecule has 0 N–H and O–H groups in total. The second-order valence-corrected chi connectivity index (χ2v) is 25.0. The largest absolute Gasteiger partial charge is 0.493 e. The number of benzene rings is 2. The molecular weight excluding hydrogens is 875 g/mol. The van der Waals surface area contributed by atoms with E-state index in [4.69, 9.17) is 37.6 Å². The highest BCUT2D eigenvalue weighted by atomic mass is 32.2. The van der Waals surface area contributed by atoms with Crippen molar-refractivity contribution in [2.45, 2.75) is 133 Å². The molecule has 4 aliphatic heterocycles. The van der Waals surface area contributed by atoms with E-state index in [-0.39, 0.29) is 71.9 Å². The lowest BCUT2D eigenvalue weighted by molar-refractivity contribution is -0.196. The maximum absolute atomic E-state index is 14.9. The molecule has 358 valence electrons. The van der Waals surface area contributed by atoms with E-state index in [0.717, 1.165) is 36.8 Å². The van der Waals surface area contributed by atoms with Crippen molar-refractivity contribution >= 4 is 47.6 Å². The lowest BCUT2D eigenvalue weighted by Crippen LogP contribution is -2.57. The van der Waals surface area contributed by atoms with Crippen LogP contribution in [0.1, 0.15) is 95.0 Å². The molecule has 0 saturated carbocycles. The molecule has 65 heavy (non-hydrogen) atoms. The van der Waals surface area contributed by atoms with Crippen LogP contribution in [-0.4, -0.2) is 129 Å². The Kier molecular flexibility index (Phi) is 16.6. The second kappa shape index (κ2) is 21.5. The van der Waals surface area contributed by atoms with Crippen LogP contribution in [-0.2, 0) is 42.9 Å². The van der Waals surface area contributed by atoms with Crippen LogP contribution in [0.15, 0.2) is 60.0 Å². The summed E-state index contributed by atoms with van der Waals surface area (Å²) < 4.78 is 77.3. The molecule has 2 aromatic rings. The third-order valence-electron chi connectivity index (χ3n) is 12.8. The fraction of sp³-hybridized carbons (Fsp3) is 0.596. The first-order chi connectivity index (χ1) is 30.9. The van der Waals surface area contributed by atoms with Gasteiger partial charge in [0.25, 0.3) is 5.91 Å². The Bertz CT molecular complexity index is 2150. The normalized spacial score (nSPS) is 22.2. The maximum atomic E-state index is 14.9. The molecule has 2 fully saturated rings. The fourth-order valence-corrected chi connectivity index (χ4v) is 10.8. The van der Waals surface area contributed by atoms with E-state index in [9.17, 15) is 22.8 Å². The molecule has 0 radical (unpaired) electrons. The van der Waals surface area contributed by atoms with Gasteiger partial charge in [-0.25, -0.2) is 18.1 Å². The molecular formula is C47H67N3O13SSi. The van der Waals surface area contributed by atoms with Crippen molar-refractivity contribution in [2.75, 3.05) is 58.6 Å². The number of anilines is 1. The van der Waals surface area contributed by atoms with Crippen molar-refractivity contribution in [3.05, 3.63) is 66.3 Å². The van der Waals surface area contributed by atoms with Crippen LogP contribution in [0, 0.1) is 0 Å². The minimum atomic E-state index is -3.85. The van der Waals surface area contributed by atoms with Gasteiger partial charge >= 0.3 is 12.1 Å². The molecule has 5 atom stereocenters. The molecule has 0 aliphatic carbocycles. The predicted molar refractivity (Wildman–Crippen MR) is 247 cm³/mol. The number of hydrogen-bond acceptors (Lipinski definition) is 13. The highest BCUT2D eigenvalue weighted by molar-refractivity contribution is 7.89. The number of carbonyl (C=O) groups excluding carboxylic acids is 3. The predicted octanol–water partition coefficient (Wildman–Crippen LogP) is 7.87. The average Bonchev–Trinajstić information content (AvgIpc) is 3.38. The summed E-state index contributed by atoms with van der Waals surface area (Å²) in [5.74, 6) is -0.411. The van der Waals surface area contributed by atoms with Gasteiger partial charge in [0.05, 0.1) is 48.4 Å². The zero-order chi connectivity index (χ0) is 47.1. The molecule has 4 aliphatic rings. The van der Waals surface area contributed by atoms with Crippen LogP contribution in [0.4, 0.5) is 10.5 Å². The Morgan fingerprint density at radius 3 is 2.34 bits per heavy atom. The van der Waals surface area contributed by atoms with Crippen LogP contribution in [0.5, 0.6) is 11.5 Å². The Balaban J connectivity index is 1.38. The van der Waals surface area contributed by atoms with Crippen LogP contribution in [0.2, 0.25) is 18.1 Å². The first kappa shape index (κ1) is 50.1. The quantitative estimate of drug-likeness (QED) is 0.0854. The minimum Gasteiger partial charge on any atom is -0.493 e. The fourth-order valence-electron chi connectivity index (χ4n) is 8.16. The SMILES string of the molecule is C=CCOC(=O)N1c2cc(OC[C@@H](CC(=O)OCC)O[Si](C)(C)C(C)(C)C)c(OC)cc2C(=O)N2CC=C(c3ccc(S(=O)(=O)N(C)C4CCCCO4)cc3)C[C@H]2C1OC1CCCCO1. The van der Waals surface area contributed by atoms with Crippen molar-refractivity contribution in [1.29, 1.82) is 0 Å². The van der Waals surface area contributed by atoms with Gasteiger partial charge in [-0.15, -0.1) is 0 Å². The number of fused-ring (bicyclic) bond motifs is 2. The van der Waals surface area contributed by atoms with Crippen LogP contribution < -0.4 is 14.4 Å². The van der Waals surface area contributed by atoms with Crippen molar-refractivity contribution in [3.63, 3.8) is 0 Å². The standard InChI is InChI=1S/C47H67N3O13SSi/c1-10-24-60-46(53)50-37-30-40(61-31-34(28-42(51)57-11-2)63-65(8,9)47(3,4)5)39(56-7)29-36(37)44(52)49-23-22-33(27-38(49)45(50)62-43-17-13-15-26-59-43)32-18-20-35(21-19-32)64(54,55)48(6)41-16-12-14-25-58-41/h10,18-22,29-30,34,38,41,43,45H,1,11-17,23-28,31H2,2-9H3/t34-,38+,41?,43?,45?/m1/s1. The van der Waals surface area contributed by atoms with E-state index in [1.165, 1.54) is 22.4 Å². The first-order valence-corrected chi connectivity index (χ1v) is 27.0. The molecule has 0 spiro atoms. The number of rotatable bonds is 17. The zero-order valence-corrected chi connectivity index (χ0v) is 41.0. The van der Waals surface area contributed by atoms with Gasteiger partial charge in [-0.05, 0) is 99.3 Å². The number of ether oxygens (including phenoxy) is 7. The molecule has 16 nitrogen and oxygen atoms in total. The molecule has 0 bridgehead atoms. The molecule has 0 aromatic heterocycles. The van der Waals surface area contributed by atoms with Gasteiger partial charge < -0.3 is 42.5 Å². The Labute approximate surface area is 385 Å². The topological polar surface area (TPSA) is 169 Å². The molecule has 4 heterocycles. The molecule has 2 amide bonds. The molecule has 3 unspecified atom stereocenters. The summed E-state index contributed by atoms with van der Waals surface area (Å²) in [4.78, 5) is 45.4. The van der Waals surface area contributed by atoms with E-state index in [0.29, 0.717) is 26.1 Å². The van der Waals surface area contributed by atoms with Gasteiger partial charge in [-0.3, -0.25) is 9.59 Å². The van der Waals surface area contributed by atoms with Gasteiger partial charge in [-0.1, -0.05) is 51.6 Å². The third-order valence-corrected chi connectivity index (χ3v) is 19.2. The van der Waals surface area contributed by atoms with E-state index in [1.807, 2.05) is 6.08 Å². The monoisotopic (exact) mass is 941 g/mol. The highest BCUT2D eigenvalue weighted by Gasteiger charge is 2.48. The number of methoxy groups -OCH3 is 1. The van der Waals surface area contributed by atoms with E-state index in [1.54, 1.807) is 55.3 Å². The average molecular weight is 942 g/mol. The first-order valence-electron chi connectivity index (χ1n) is 22.6. The minimum absolute atomic E-state index is 0.0552. The van der Waals surface area contributed by atoms with Gasteiger partial charge in [0, 0.05) is 32.9 Å². The number of hydrogen-bond donors (Lipinski definition) is 0. The summed E-state index contributed by atoms with van der Waals surface area (Å²) in [5.41, 5.74) is 1.87. The summed E-state index contributed by atoms with van der Waals surface area (Å²) in [5, 5.41) is -0.169. The van der Waals surface area contributed by atoms with E-state index < -0.39 is 67.2 Å². The number of amides is 2. The summed E-state index contributed by atoms with van der Waals surface area (Å²) in [6, 6.07) is 9.01. The molecule has 2 saturated heterocycles. The highest BCUT2D eigenvalue weighted by Crippen LogP contribution is 2.44. The summed E-state index contributed by atoms with van der Waals surface area (Å²) in [6.07, 6.45) is 4.38. The van der Waals surface area contributed by atoms with Crippen LogP contribution in [0.25, 0.3) is 5.57 Å². The Hall–Kier alpha value is -4.30. The van der Waals surface area contributed by atoms with Gasteiger partial charge in [-0.2, -0.15) is 4.31 Å². The summed E-state index contributed by atoms with van der Waals surface area (Å²) in [7, 11) is -3.26. The van der Waals surface area contributed by atoms with Gasteiger partial charge in [0.2, 0.25) is 10.0 Å². The zero-order valence-electron chi connectivity index (χ0n) is 39.2. The van der Waals surface area contributed by atoms with Crippen molar-refractivity contribution in [3.8, 4) is 11.5 Å². The van der Waals surface area contributed by atoms with Crippen LogP contribution >= 0.6 is 0 Å². The van der Waals surface area contributed by atoms with E-state index >= 15 is 0 Å². The molecule has 2 aromatic carbocycles. The van der Waals surface area contributed by atoms with Gasteiger partial charge in [0.1, 0.15) is 19.4 Å². The molecule has 18 heteroatoms. The smallest absolute Gasteiger partial charge is 0.416 e. The number of esters is 1.